The highest BCUT2D eigenvalue weighted by Crippen LogP contribution is 2.13. The van der Waals surface area contributed by atoms with Gasteiger partial charge in [0, 0.05) is 12.8 Å². The zero-order valence-electron chi connectivity index (χ0n) is 11.1. The van der Waals surface area contributed by atoms with Crippen LogP contribution in [0.5, 0.6) is 0 Å². The van der Waals surface area contributed by atoms with E-state index in [1.54, 1.807) is 4.68 Å². The van der Waals surface area contributed by atoms with Gasteiger partial charge in [-0.2, -0.15) is 5.10 Å². The molecule has 106 valence electrons. The number of nitrogens with one attached hydrogen (secondary N) is 1. The molecule has 2 aromatic heterocycles. The van der Waals surface area contributed by atoms with Crippen molar-refractivity contribution < 1.29 is 4.79 Å². The van der Waals surface area contributed by atoms with E-state index in [4.69, 9.17) is 5.73 Å². The van der Waals surface area contributed by atoms with Gasteiger partial charge >= 0.3 is 0 Å². The molecular weight excluding hydrogens is 270 g/mol. The number of aryl methyl sites for hydroxylation is 1. The Morgan fingerprint density at radius 1 is 1.29 bits per heavy atom. The number of carbonyl (C=O) groups is 1. The lowest BCUT2D eigenvalue weighted by Gasteiger charge is -2.03. The van der Waals surface area contributed by atoms with Crippen LogP contribution in [0.3, 0.4) is 0 Å². The molecule has 0 radical (unpaired) electrons. The molecule has 0 atom stereocenters. The van der Waals surface area contributed by atoms with Gasteiger partial charge in [0.2, 0.25) is 5.91 Å². The van der Waals surface area contributed by atoms with Gasteiger partial charge in [0.25, 0.3) is 5.56 Å². The summed E-state index contributed by atoms with van der Waals surface area (Å²) in [7, 11) is 0. The standard InChI is InChI=1S/C14H13N5O2/c15-11(20)6-7-12-17-13-10(14(21)18-12)8-16-19(13)9-4-2-1-3-5-9/h1-5,8H,6-7H2,(H2,15,20)(H,17,18,21). The Kier molecular flexibility index (Phi) is 3.23. The maximum Gasteiger partial charge on any atom is 0.262 e. The maximum atomic E-state index is 12.0. The highest BCUT2D eigenvalue weighted by atomic mass is 16.1. The Balaban J connectivity index is 2.11. The summed E-state index contributed by atoms with van der Waals surface area (Å²) in [5, 5.41) is 4.61. The minimum absolute atomic E-state index is 0.133. The monoisotopic (exact) mass is 283 g/mol. The molecule has 0 aliphatic carbocycles. The van der Waals surface area contributed by atoms with Crippen LogP contribution in [0.25, 0.3) is 16.7 Å². The van der Waals surface area contributed by atoms with Crippen molar-refractivity contribution in [2.75, 3.05) is 0 Å². The third kappa shape index (κ3) is 2.53. The first-order valence-corrected chi connectivity index (χ1v) is 6.46. The Labute approximate surface area is 119 Å². The molecule has 1 aromatic carbocycles. The summed E-state index contributed by atoms with van der Waals surface area (Å²) < 4.78 is 1.60. The molecule has 3 rings (SSSR count). The van der Waals surface area contributed by atoms with E-state index < -0.39 is 5.91 Å². The number of hydrogen-bond donors (Lipinski definition) is 2. The van der Waals surface area contributed by atoms with Crippen LogP contribution in [0.2, 0.25) is 0 Å². The van der Waals surface area contributed by atoms with E-state index in [-0.39, 0.29) is 12.0 Å². The number of benzene rings is 1. The van der Waals surface area contributed by atoms with Crippen LogP contribution in [0.15, 0.2) is 41.3 Å². The molecular formula is C14H13N5O2. The van der Waals surface area contributed by atoms with Gasteiger partial charge in [-0.1, -0.05) is 18.2 Å². The number of rotatable bonds is 4. The third-order valence-electron chi connectivity index (χ3n) is 3.10. The lowest BCUT2D eigenvalue weighted by atomic mass is 10.3. The molecule has 3 N–H and O–H groups in total. The van der Waals surface area contributed by atoms with Crippen LogP contribution in [-0.4, -0.2) is 25.7 Å². The third-order valence-corrected chi connectivity index (χ3v) is 3.10. The molecule has 7 heteroatoms. The molecule has 7 nitrogen and oxygen atoms in total. The molecule has 2 heterocycles. The molecule has 0 aliphatic heterocycles. The van der Waals surface area contributed by atoms with Crippen molar-refractivity contribution in [1.29, 1.82) is 0 Å². The summed E-state index contributed by atoms with van der Waals surface area (Å²) >= 11 is 0. The Morgan fingerprint density at radius 2 is 2.05 bits per heavy atom. The van der Waals surface area contributed by atoms with E-state index in [9.17, 15) is 9.59 Å². The molecule has 0 aliphatic rings. The van der Waals surface area contributed by atoms with Gasteiger partial charge in [0.05, 0.1) is 11.9 Å². The summed E-state index contributed by atoms with van der Waals surface area (Å²) in [6, 6.07) is 9.40. The predicted octanol–water partition coefficient (Wildman–Crippen LogP) is 0.527. The molecule has 0 saturated carbocycles. The number of amides is 1. The van der Waals surface area contributed by atoms with E-state index >= 15 is 0 Å². The number of aromatic amines is 1. The fourth-order valence-electron chi connectivity index (χ4n) is 2.08. The number of nitrogens with zero attached hydrogens (tertiary/aromatic N) is 3. The summed E-state index contributed by atoms with van der Waals surface area (Å²) in [6.07, 6.45) is 1.90. The van der Waals surface area contributed by atoms with Crippen molar-refractivity contribution >= 4 is 16.9 Å². The predicted molar refractivity (Wildman–Crippen MR) is 77.0 cm³/mol. The minimum atomic E-state index is -0.436. The summed E-state index contributed by atoms with van der Waals surface area (Å²) in [4.78, 5) is 29.9. The maximum absolute atomic E-state index is 12.0. The Hall–Kier alpha value is -2.96. The molecule has 0 saturated heterocycles. The van der Waals surface area contributed by atoms with Crippen LogP contribution in [0, 0.1) is 0 Å². The minimum Gasteiger partial charge on any atom is -0.370 e. The molecule has 0 spiro atoms. The molecule has 0 unspecified atom stereocenters. The number of fused-ring (bicyclic) bond motifs is 1. The lowest BCUT2D eigenvalue weighted by molar-refractivity contribution is -0.118. The zero-order chi connectivity index (χ0) is 14.8. The second-order valence-electron chi connectivity index (χ2n) is 4.61. The first kappa shape index (κ1) is 13.0. The van der Waals surface area contributed by atoms with Crippen LogP contribution in [0.1, 0.15) is 12.2 Å². The SMILES string of the molecule is NC(=O)CCc1nc2c(cnn2-c2ccccc2)c(=O)[nH]1. The van der Waals surface area contributed by atoms with Gasteiger partial charge in [-0.3, -0.25) is 9.59 Å². The number of aromatic nitrogens is 4. The fraction of sp³-hybridized carbons (Fsp3) is 0.143. The molecule has 3 aromatic rings. The summed E-state index contributed by atoms with van der Waals surface area (Å²) in [6.45, 7) is 0. The van der Waals surface area contributed by atoms with Crippen LogP contribution in [-0.2, 0) is 11.2 Å². The first-order chi connectivity index (χ1) is 10.1. The number of primary amides is 1. The van der Waals surface area contributed by atoms with Crippen molar-refractivity contribution in [1.82, 2.24) is 19.7 Å². The Bertz CT molecular complexity index is 851. The van der Waals surface area contributed by atoms with Crippen LogP contribution < -0.4 is 11.3 Å². The molecule has 0 fully saturated rings. The molecule has 1 amide bonds. The number of nitrogens with two attached hydrogens (primary N) is 1. The van der Waals surface area contributed by atoms with Gasteiger partial charge in [-0.15, -0.1) is 0 Å². The number of hydrogen-bond acceptors (Lipinski definition) is 4. The van der Waals surface area contributed by atoms with Crippen molar-refractivity contribution in [3.8, 4) is 5.69 Å². The average molecular weight is 283 g/mol. The lowest BCUT2D eigenvalue weighted by Crippen LogP contribution is -2.16. The van der Waals surface area contributed by atoms with E-state index in [1.165, 1.54) is 6.20 Å². The van der Waals surface area contributed by atoms with E-state index in [0.29, 0.717) is 23.3 Å². The van der Waals surface area contributed by atoms with Crippen LogP contribution >= 0.6 is 0 Å². The number of para-hydroxylation sites is 1. The molecule has 21 heavy (non-hydrogen) atoms. The number of carbonyl (C=O) groups excluding carboxylic acids is 1. The molecule has 0 bridgehead atoms. The second-order valence-corrected chi connectivity index (χ2v) is 4.61. The zero-order valence-corrected chi connectivity index (χ0v) is 11.1. The van der Waals surface area contributed by atoms with Crippen LogP contribution in [0.4, 0.5) is 0 Å². The topological polar surface area (TPSA) is 107 Å². The smallest absolute Gasteiger partial charge is 0.262 e. The van der Waals surface area contributed by atoms with E-state index in [0.717, 1.165) is 5.69 Å². The highest BCUT2D eigenvalue weighted by molar-refractivity contribution is 5.76. The number of H-pyrrole nitrogens is 1. The average Bonchev–Trinajstić information content (AvgIpc) is 2.90. The first-order valence-electron chi connectivity index (χ1n) is 6.46. The largest absolute Gasteiger partial charge is 0.370 e. The summed E-state index contributed by atoms with van der Waals surface area (Å²) in [5.41, 5.74) is 6.11. The van der Waals surface area contributed by atoms with Crippen molar-refractivity contribution in [3.63, 3.8) is 0 Å². The fourth-order valence-corrected chi connectivity index (χ4v) is 2.08. The van der Waals surface area contributed by atoms with Gasteiger partial charge in [0.1, 0.15) is 11.2 Å². The summed E-state index contributed by atoms with van der Waals surface area (Å²) in [5.74, 6) is -0.0155. The normalized spacial score (nSPS) is 10.9. The second kappa shape index (κ2) is 5.20. The van der Waals surface area contributed by atoms with Gasteiger partial charge < -0.3 is 10.7 Å². The van der Waals surface area contributed by atoms with Gasteiger partial charge in [0.15, 0.2) is 5.65 Å². The van der Waals surface area contributed by atoms with Gasteiger partial charge in [-0.25, -0.2) is 9.67 Å². The highest BCUT2D eigenvalue weighted by Gasteiger charge is 2.11. The van der Waals surface area contributed by atoms with Crippen molar-refractivity contribution in [2.24, 2.45) is 5.73 Å². The van der Waals surface area contributed by atoms with Gasteiger partial charge in [-0.05, 0) is 12.1 Å². The van der Waals surface area contributed by atoms with Crippen molar-refractivity contribution in [3.05, 3.63) is 52.7 Å². The quantitative estimate of drug-likeness (QED) is 0.728. The van der Waals surface area contributed by atoms with E-state index in [1.807, 2.05) is 30.3 Å². The van der Waals surface area contributed by atoms with Crippen molar-refractivity contribution in [2.45, 2.75) is 12.8 Å². The van der Waals surface area contributed by atoms with E-state index in [2.05, 4.69) is 15.1 Å². The Morgan fingerprint density at radius 3 is 2.76 bits per heavy atom.